The molecule has 2 heteroatoms. The molecule has 1 saturated carbocycles. The van der Waals surface area contributed by atoms with E-state index in [9.17, 15) is 4.39 Å². The standard InChI is InChI=1S/C14H20FN/c15-11-8-12-4-6-13(7-5-12)14(16)9-2-1-3-10-14/h4-7H,1-3,8-11,16H2. The van der Waals surface area contributed by atoms with Gasteiger partial charge in [0.15, 0.2) is 0 Å². The van der Waals surface area contributed by atoms with E-state index >= 15 is 0 Å². The summed E-state index contributed by atoms with van der Waals surface area (Å²) in [5, 5.41) is 0. The predicted molar refractivity (Wildman–Crippen MR) is 65.1 cm³/mol. The third-order valence-corrected chi connectivity index (χ3v) is 3.66. The van der Waals surface area contributed by atoms with Crippen LogP contribution >= 0.6 is 0 Å². The van der Waals surface area contributed by atoms with E-state index < -0.39 is 0 Å². The minimum absolute atomic E-state index is 0.132. The SMILES string of the molecule is NC1(c2ccc(CCF)cc2)CCCCC1. The first-order chi connectivity index (χ1) is 7.74. The van der Waals surface area contributed by atoms with E-state index in [1.165, 1.54) is 24.8 Å². The van der Waals surface area contributed by atoms with Crippen LogP contribution in [0.1, 0.15) is 43.2 Å². The lowest BCUT2D eigenvalue weighted by atomic mass is 9.77. The smallest absolute Gasteiger partial charge is 0.0934 e. The summed E-state index contributed by atoms with van der Waals surface area (Å²) >= 11 is 0. The van der Waals surface area contributed by atoms with E-state index in [4.69, 9.17) is 5.73 Å². The fourth-order valence-electron chi connectivity index (χ4n) is 2.58. The minimum atomic E-state index is -0.285. The Morgan fingerprint density at radius 1 is 1.06 bits per heavy atom. The number of benzene rings is 1. The van der Waals surface area contributed by atoms with Crippen molar-refractivity contribution < 1.29 is 4.39 Å². The molecule has 0 bridgehead atoms. The van der Waals surface area contributed by atoms with Crippen molar-refractivity contribution in [1.29, 1.82) is 0 Å². The molecular formula is C14H20FN. The molecule has 0 heterocycles. The van der Waals surface area contributed by atoms with Gasteiger partial charge in [-0.15, -0.1) is 0 Å². The Hall–Kier alpha value is -0.890. The molecule has 1 nitrogen and oxygen atoms in total. The van der Waals surface area contributed by atoms with Gasteiger partial charge in [-0.1, -0.05) is 43.5 Å². The molecule has 16 heavy (non-hydrogen) atoms. The fourth-order valence-corrected chi connectivity index (χ4v) is 2.58. The molecule has 0 aromatic heterocycles. The molecule has 2 rings (SSSR count). The number of hydrogen-bond acceptors (Lipinski definition) is 1. The number of hydrogen-bond donors (Lipinski definition) is 1. The average Bonchev–Trinajstić information content (AvgIpc) is 2.31. The van der Waals surface area contributed by atoms with Gasteiger partial charge in [-0.2, -0.15) is 0 Å². The summed E-state index contributed by atoms with van der Waals surface area (Å²) < 4.78 is 12.2. The van der Waals surface area contributed by atoms with Gasteiger partial charge >= 0.3 is 0 Å². The lowest BCUT2D eigenvalue weighted by Crippen LogP contribution is -2.38. The Morgan fingerprint density at radius 2 is 1.69 bits per heavy atom. The van der Waals surface area contributed by atoms with Crippen LogP contribution in [-0.4, -0.2) is 6.67 Å². The van der Waals surface area contributed by atoms with Gasteiger partial charge < -0.3 is 5.73 Å². The third-order valence-electron chi connectivity index (χ3n) is 3.66. The number of rotatable bonds is 3. The maximum absolute atomic E-state index is 12.2. The molecule has 0 radical (unpaired) electrons. The van der Waals surface area contributed by atoms with Crippen molar-refractivity contribution in [2.75, 3.05) is 6.67 Å². The molecule has 0 atom stereocenters. The number of alkyl halides is 1. The van der Waals surface area contributed by atoms with Gasteiger partial charge in [0.05, 0.1) is 6.67 Å². The zero-order chi connectivity index (χ0) is 11.4. The second kappa shape index (κ2) is 4.96. The van der Waals surface area contributed by atoms with Gasteiger partial charge in [0.2, 0.25) is 0 Å². The topological polar surface area (TPSA) is 26.0 Å². The molecule has 1 aliphatic rings. The normalized spacial score (nSPS) is 19.6. The van der Waals surface area contributed by atoms with Crippen molar-refractivity contribution in [1.82, 2.24) is 0 Å². The lowest BCUT2D eigenvalue weighted by Gasteiger charge is -2.34. The van der Waals surface area contributed by atoms with Crippen LogP contribution < -0.4 is 5.73 Å². The van der Waals surface area contributed by atoms with Crippen LogP contribution in [0.4, 0.5) is 4.39 Å². The molecule has 1 aliphatic carbocycles. The van der Waals surface area contributed by atoms with Crippen molar-refractivity contribution in [2.24, 2.45) is 5.73 Å². The summed E-state index contributed by atoms with van der Waals surface area (Å²) in [5.41, 5.74) is 8.58. The highest BCUT2D eigenvalue weighted by atomic mass is 19.1. The van der Waals surface area contributed by atoms with Crippen LogP contribution in [0, 0.1) is 0 Å². The van der Waals surface area contributed by atoms with Gasteiger partial charge in [-0.25, -0.2) is 0 Å². The van der Waals surface area contributed by atoms with Gasteiger partial charge in [0.1, 0.15) is 0 Å². The van der Waals surface area contributed by atoms with Crippen LogP contribution in [0.3, 0.4) is 0 Å². The van der Waals surface area contributed by atoms with Crippen LogP contribution in [-0.2, 0) is 12.0 Å². The van der Waals surface area contributed by atoms with Gasteiger partial charge in [0, 0.05) is 12.0 Å². The van der Waals surface area contributed by atoms with Gasteiger partial charge in [0.25, 0.3) is 0 Å². The van der Waals surface area contributed by atoms with E-state index in [1.54, 1.807) is 0 Å². The summed E-state index contributed by atoms with van der Waals surface area (Å²) in [6.07, 6.45) is 6.42. The molecule has 88 valence electrons. The van der Waals surface area contributed by atoms with Crippen molar-refractivity contribution in [3.05, 3.63) is 35.4 Å². The van der Waals surface area contributed by atoms with Crippen molar-refractivity contribution in [2.45, 2.75) is 44.1 Å². The first kappa shape index (κ1) is 11.6. The number of halogens is 1. The Bertz CT molecular complexity index is 325. The molecule has 0 amide bonds. The molecule has 1 aromatic carbocycles. The highest BCUT2D eigenvalue weighted by molar-refractivity contribution is 5.28. The van der Waals surface area contributed by atoms with Crippen molar-refractivity contribution in [3.63, 3.8) is 0 Å². The van der Waals surface area contributed by atoms with E-state index in [1.807, 2.05) is 12.1 Å². The molecule has 1 aromatic rings. The molecule has 0 unspecified atom stereocenters. The summed E-state index contributed by atoms with van der Waals surface area (Å²) in [4.78, 5) is 0. The predicted octanol–water partition coefficient (Wildman–Crippen LogP) is 3.32. The zero-order valence-electron chi connectivity index (χ0n) is 9.71. The molecule has 0 spiro atoms. The summed E-state index contributed by atoms with van der Waals surface area (Å²) in [6, 6.07) is 8.18. The Balaban J connectivity index is 2.13. The van der Waals surface area contributed by atoms with Crippen LogP contribution in [0.5, 0.6) is 0 Å². The van der Waals surface area contributed by atoms with E-state index in [-0.39, 0.29) is 12.2 Å². The molecule has 0 aliphatic heterocycles. The second-order valence-corrected chi connectivity index (χ2v) is 4.85. The monoisotopic (exact) mass is 221 g/mol. The Labute approximate surface area is 96.9 Å². The largest absolute Gasteiger partial charge is 0.321 e. The van der Waals surface area contributed by atoms with Crippen LogP contribution in [0.15, 0.2) is 24.3 Å². The van der Waals surface area contributed by atoms with E-state index in [2.05, 4.69) is 12.1 Å². The molecule has 0 saturated heterocycles. The summed E-state index contributed by atoms with van der Waals surface area (Å²) in [5.74, 6) is 0. The zero-order valence-corrected chi connectivity index (χ0v) is 9.71. The Kier molecular flexibility index (Phi) is 3.59. The van der Waals surface area contributed by atoms with Crippen LogP contribution in [0.25, 0.3) is 0 Å². The number of aryl methyl sites for hydroxylation is 1. The first-order valence-corrected chi connectivity index (χ1v) is 6.19. The summed E-state index contributed by atoms with van der Waals surface area (Å²) in [7, 11) is 0. The first-order valence-electron chi connectivity index (χ1n) is 6.19. The van der Waals surface area contributed by atoms with E-state index in [0.29, 0.717) is 6.42 Å². The maximum Gasteiger partial charge on any atom is 0.0934 e. The molecule has 1 fully saturated rings. The summed E-state index contributed by atoms with van der Waals surface area (Å²) in [6.45, 7) is -0.285. The van der Waals surface area contributed by atoms with Gasteiger partial charge in [-0.05, 0) is 24.0 Å². The fraction of sp³-hybridized carbons (Fsp3) is 0.571. The minimum Gasteiger partial charge on any atom is -0.321 e. The van der Waals surface area contributed by atoms with Crippen LogP contribution in [0.2, 0.25) is 0 Å². The molecule has 2 N–H and O–H groups in total. The average molecular weight is 221 g/mol. The van der Waals surface area contributed by atoms with Gasteiger partial charge in [-0.3, -0.25) is 4.39 Å². The van der Waals surface area contributed by atoms with Crippen molar-refractivity contribution in [3.8, 4) is 0 Å². The van der Waals surface area contributed by atoms with Crippen molar-refractivity contribution >= 4 is 0 Å². The molecular weight excluding hydrogens is 201 g/mol. The maximum atomic E-state index is 12.2. The highest BCUT2D eigenvalue weighted by Gasteiger charge is 2.28. The number of nitrogens with two attached hydrogens (primary N) is 1. The quantitative estimate of drug-likeness (QED) is 0.832. The second-order valence-electron chi connectivity index (χ2n) is 4.85. The highest BCUT2D eigenvalue weighted by Crippen LogP contribution is 2.34. The Morgan fingerprint density at radius 3 is 2.25 bits per heavy atom. The van der Waals surface area contributed by atoms with E-state index in [0.717, 1.165) is 18.4 Å². The lowest BCUT2D eigenvalue weighted by molar-refractivity contribution is 0.302. The third kappa shape index (κ3) is 2.43.